The molecule has 2 aromatic rings. The van der Waals surface area contributed by atoms with Crippen LogP contribution in [0.4, 0.5) is 0 Å². The standard InChI is InChI=1S/C14H13N3O/c1-2-14(18)17-8-10(9-17)13-7-15-11-5-3-4-6-12(11)16-13/h2-7,10H,1,8-9H2. The SMILES string of the molecule is C=CC(=O)N1CC(c2cnc3ccccc3n2)C1. The Balaban J connectivity index is 1.80. The fourth-order valence-corrected chi connectivity index (χ4v) is 2.14. The van der Waals surface area contributed by atoms with Crippen molar-refractivity contribution >= 4 is 16.9 Å². The lowest BCUT2D eigenvalue weighted by Crippen LogP contribution is -2.48. The van der Waals surface area contributed by atoms with Crippen LogP contribution in [0.1, 0.15) is 11.6 Å². The number of amides is 1. The van der Waals surface area contributed by atoms with Crippen molar-refractivity contribution in [3.8, 4) is 0 Å². The molecule has 1 fully saturated rings. The van der Waals surface area contributed by atoms with Crippen LogP contribution in [0.5, 0.6) is 0 Å². The van der Waals surface area contributed by atoms with Gasteiger partial charge in [0.05, 0.1) is 16.7 Å². The molecule has 1 aliphatic heterocycles. The molecule has 0 unspecified atom stereocenters. The lowest BCUT2D eigenvalue weighted by atomic mass is 9.96. The van der Waals surface area contributed by atoms with E-state index in [0.29, 0.717) is 19.0 Å². The van der Waals surface area contributed by atoms with Crippen LogP contribution in [-0.2, 0) is 4.79 Å². The zero-order chi connectivity index (χ0) is 12.5. The molecule has 0 saturated carbocycles. The fourth-order valence-electron chi connectivity index (χ4n) is 2.14. The second kappa shape index (κ2) is 4.22. The van der Waals surface area contributed by atoms with E-state index in [1.54, 1.807) is 4.90 Å². The van der Waals surface area contributed by atoms with Gasteiger partial charge in [0.1, 0.15) is 0 Å². The number of rotatable bonds is 2. The number of benzene rings is 1. The smallest absolute Gasteiger partial charge is 0.245 e. The summed E-state index contributed by atoms with van der Waals surface area (Å²) >= 11 is 0. The molecule has 0 radical (unpaired) electrons. The third-order valence-electron chi connectivity index (χ3n) is 3.25. The molecule has 0 N–H and O–H groups in total. The predicted molar refractivity (Wildman–Crippen MR) is 69.1 cm³/mol. The maximum Gasteiger partial charge on any atom is 0.245 e. The minimum Gasteiger partial charge on any atom is -0.338 e. The second-order valence-electron chi connectivity index (χ2n) is 4.43. The van der Waals surface area contributed by atoms with Gasteiger partial charge in [-0.2, -0.15) is 0 Å². The van der Waals surface area contributed by atoms with Gasteiger partial charge >= 0.3 is 0 Å². The Labute approximate surface area is 105 Å². The fraction of sp³-hybridized carbons (Fsp3) is 0.214. The van der Waals surface area contributed by atoms with Crippen molar-refractivity contribution in [3.63, 3.8) is 0 Å². The molecular weight excluding hydrogens is 226 g/mol. The summed E-state index contributed by atoms with van der Waals surface area (Å²) in [5.74, 6) is 0.283. The molecular formula is C14H13N3O. The van der Waals surface area contributed by atoms with Crippen molar-refractivity contribution in [2.24, 2.45) is 0 Å². The molecule has 0 atom stereocenters. The highest BCUT2D eigenvalue weighted by atomic mass is 16.2. The Bertz CT molecular complexity index is 617. The van der Waals surface area contributed by atoms with Crippen molar-refractivity contribution in [3.05, 3.63) is 48.8 Å². The van der Waals surface area contributed by atoms with Gasteiger partial charge in [0.2, 0.25) is 5.91 Å². The Kier molecular flexibility index (Phi) is 2.55. The number of aromatic nitrogens is 2. The molecule has 1 aliphatic rings. The summed E-state index contributed by atoms with van der Waals surface area (Å²) in [6.07, 6.45) is 3.16. The van der Waals surface area contributed by atoms with Gasteiger partial charge < -0.3 is 4.90 Å². The number of likely N-dealkylation sites (tertiary alicyclic amines) is 1. The summed E-state index contributed by atoms with van der Waals surface area (Å²) in [7, 11) is 0. The minimum atomic E-state index is -0.0139. The van der Waals surface area contributed by atoms with Gasteiger partial charge in [-0.25, -0.2) is 4.98 Å². The van der Waals surface area contributed by atoms with Gasteiger partial charge in [-0.3, -0.25) is 9.78 Å². The molecule has 0 spiro atoms. The average molecular weight is 239 g/mol. The Morgan fingerprint density at radius 3 is 2.78 bits per heavy atom. The van der Waals surface area contributed by atoms with E-state index in [2.05, 4.69) is 16.5 Å². The lowest BCUT2D eigenvalue weighted by Gasteiger charge is -2.38. The van der Waals surface area contributed by atoms with Gasteiger partial charge in [-0.05, 0) is 18.2 Å². The van der Waals surface area contributed by atoms with Crippen LogP contribution in [0, 0.1) is 0 Å². The van der Waals surface area contributed by atoms with E-state index in [1.807, 2.05) is 30.5 Å². The Morgan fingerprint density at radius 1 is 1.33 bits per heavy atom. The number of carbonyl (C=O) groups excluding carboxylic acids is 1. The van der Waals surface area contributed by atoms with Gasteiger partial charge in [0.15, 0.2) is 0 Å². The van der Waals surface area contributed by atoms with Crippen LogP contribution in [-0.4, -0.2) is 33.9 Å². The van der Waals surface area contributed by atoms with Crippen LogP contribution in [0.2, 0.25) is 0 Å². The largest absolute Gasteiger partial charge is 0.338 e. The number of hydrogen-bond acceptors (Lipinski definition) is 3. The summed E-state index contributed by atoms with van der Waals surface area (Å²) in [5, 5.41) is 0. The number of carbonyl (C=O) groups is 1. The van der Waals surface area contributed by atoms with Gasteiger partial charge in [-0.15, -0.1) is 0 Å². The molecule has 4 nitrogen and oxygen atoms in total. The highest BCUT2D eigenvalue weighted by molar-refractivity contribution is 5.87. The van der Waals surface area contributed by atoms with Crippen molar-refractivity contribution in [1.29, 1.82) is 0 Å². The zero-order valence-electron chi connectivity index (χ0n) is 9.91. The van der Waals surface area contributed by atoms with Crippen LogP contribution in [0.3, 0.4) is 0 Å². The van der Waals surface area contributed by atoms with Crippen molar-refractivity contribution in [2.75, 3.05) is 13.1 Å². The number of fused-ring (bicyclic) bond motifs is 1. The van der Waals surface area contributed by atoms with E-state index < -0.39 is 0 Å². The van der Waals surface area contributed by atoms with Gasteiger partial charge in [0.25, 0.3) is 0 Å². The molecule has 1 aromatic heterocycles. The topological polar surface area (TPSA) is 46.1 Å². The van der Waals surface area contributed by atoms with Gasteiger partial charge in [-0.1, -0.05) is 18.7 Å². The van der Waals surface area contributed by atoms with Gasteiger partial charge in [0, 0.05) is 25.2 Å². The summed E-state index contributed by atoms with van der Waals surface area (Å²) in [6.45, 7) is 4.90. The number of nitrogens with zero attached hydrogens (tertiary/aromatic N) is 3. The second-order valence-corrected chi connectivity index (χ2v) is 4.43. The summed E-state index contributed by atoms with van der Waals surface area (Å²) in [5.41, 5.74) is 2.77. The van der Waals surface area contributed by atoms with E-state index >= 15 is 0 Å². The first-order valence-electron chi connectivity index (χ1n) is 5.91. The number of hydrogen-bond donors (Lipinski definition) is 0. The summed E-state index contributed by atoms with van der Waals surface area (Å²) in [4.78, 5) is 22.1. The molecule has 1 amide bonds. The van der Waals surface area contributed by atoms with Crippen molar-refractivity contribution < 1.29 is 4.79 Å². The first kappa shape index (κ1) is 10.9. The summed E-state index contributed by atoms with van der Waals surface area (Å²) < 4.78 is 0. The molecule has 3 rings (SSSR count). The van der Waals surface area contributed by atoms with Crippen LogP contribution in [0.15, 0.2) is 43.1 Å². The highest BCUT2D eigenvalue weighted by Crippen LogP contribution is 2.26. The average Bonchev–Trinajstić information content (AvgIpc) is 2.36. The molecule has 2 heterocycles. The van der Waals surface area contributed by atoms with Crippen LogP contribution < -0.4 is 0 Å². The normalized spacial score (nSPS) is 15.4. The molecule has 4 heteroatoms. The van der Waals surface area contributed by atoms with Crippen molar-refractivity contribution in [2.45, 2.75) is 5.92 Å². The molecule has 0 aliphatic carbocycles. The first-order valence-corrected chi connectivity index (χ1v) is 5.91. The first-order chi connectivity index (χ1) is 8.78. The molecule has 1 saturated heterocycles. The van der Waals surface area contributed by atoms with Crippen LogP contribution in [0.25, 0.3) is 11.0 Å². The predicted octanol–water partition coefficient (Wildman–Crippen LogP) is 1.74. The van der Waals surface area contributed by atoms with E-state index in [9.17, 15) is 4.79 Å². The van der Waals surface area contributed by atoms with E-state index in [1.165, 1.54) is 6.08 Å². The molecule has 0 bridgehead atoms. The monoisotopic (exact) mass is 239 g/mol. The minimum absolute atomic E-state index is 0.0139. The van der Waals surface area contributed by atoms with E-state index in [0.717, 1.165) is 16.7 Å². The molecule has 1 aromatic carbocycles. The zero-order valence-corrected chi connectivity index (χ0v) is 9.91. The third kappa shape index (κ3) is 1.76. The third-order valence-corrected chi connectivity index (χ3v) is 3.25. The maximum atomic E-state index is 11.4. The quantitative estimate of drug-likeness (QED) is 0.750. The van der Waals surface area contributed by atoms with E-state index in [4.69, 9.17) is 0 Å². The lowest BCUT2D eigenvalue weighted by molar-refractivity contribution is -0.130. The Hall–Kier alpha value is -2.23. The molecule has 90 valence electrons. The Morgan fingerprint density at radius 2 is 2.06 bits per heavy atom. The maximum absolute atomic E-state index is 11.4. The summed E-state index contributed by atoms with van der Waals surface area (Å²) in [6, 6.07) is 7.80. The van der Waals surface area contributed by atoms with E-state index in [-0.39, 0.29) is 5.91 Å². The van der Waals surface area contributed by atoms with Crippen molar-refractivity contribution in [1.82, 2.24) is 14.9 Å². The van der Waals surface area contributed by atoms with Crippen LogP contribution >= 0.6 is 0 Å². The highest BCUT2D eigenvalue weighted by Gasteiger charge is 2.31. The molecule has 18 heavy (non-hydrogen) atoms. The number of para-hydroxylation sites is 2.